The highest BCUT2D eigenvalue weighted by Crippen LogP contribution is 2.43. The first-order valence-corrected chi connectivity index (χ1v) is 14.0. The maximum atomic E-state index is 12.9. The minimum Gasteiger partial charge on any atom is -0.504 e. The van der Waals surface area contributed by atoms with Gasteiger partial charge in [0.05, 0.1) is 6.61 Å². The molecule has 10 atom stereocenters. The second-order valence-corrected chi connectivity index (χ2v) is 10.9. The SMILES string of the molecule is CC(=O)OC[C@H]1O[C@@H](O[C@H]2[C@H](Oc3cc4oc(-c5ccc(O)c(O)c5)cc(=O)c4c(O)c3O)O[C@H](CO)[C@@H](O)[C@@H]2O)[C@H](O)[C@H](O)[C@@H]1O. The van der Waals surface area contributed by atoms with E-state index in [1.165, 1.54) is 6.07 Å². The largest absolute Gasteiger partial charge is 0.504 e. The van der Waals surface area contributed by atoms with Crippen LogP contribution in [-0.4, -0.2) is 132 Å². The zero-order chi connectivity index (χ0) is 34.3. The predicted octanol–water partition coefficient (Wildman–Crippen LogP) is -2.14. The first-order valence-electron chi connectivity index (χ1n) is 14.0. The summed E-state index contributed by atoms with van der Waals surface area (Å²) in [5.41, 5.74) is -1.03. The number of esters is 1. The summed E-state index contributed by atoms with van der Waals surface area (Å²) in [6.45, 7) is -0.342. The van der Waals surface area contributed by atoms with Crippen molar-refractivity contribution in [2.75, 3.05) is 13.2 Å². The van der Waals surface area contributed by atoms with E-state index in [0.29, 0.717) is 0 Å². The molecule has 2 aliphatic heterocycles. The molecule has 0 saturated carbocycles. The monoisotopic (exact) mass is 668 g/mol. The number of rotatable bonds is 8. The zero-order valence-electron chi connectivity index (χ0n) is 24.3. The summed E-state index contributed by atoms with van der Waals surface area (Å²) in [7, 11) is 0. The standard InChI is InChI=1S/C29H32O18/c1-9(31)42-8-18-22(37)24(39)26(41)28(46-18)47-27-25(40)21(36)17(7-30)45-29(27)44-16-6-15-19(23(38)20(16)35)13(34)5-14(43-15)10-2-3-11(32)12(33)4-10/h2-6,17-18,21-22,24-30,32-33,35-41H,7-8H2,1H3/t17-,18-,21-,22-,24-,25+,26-,27-,28+,29-/m1/s1. The fourth-order valence-electron chi connectivity index (χ4n) is 5.12. The van der Waals surface area contributed by atoms with Crippen LogP contribution < -0.4 is 10.2 Å². The maximum absolute atomic E-state index is 12.9. The first kappa shape index (κ1) is 34.1. The van der Waals surface area contributed by atoms with Crippen LogP contribution in [0.2, 0.25) is 0 Å². The van der Waals surface area contributed by atoms with Gasteiger partial charge in [-0.05, 0) is 18.2 Å². The third kappa shape index (κ3) is 6.63. The summed E-state index contributed by atoms with van der Waals surface area (Å²) >= 11 is 0. The summed E-state index contributed by atoms with van der Waals surface area (Å²) in [4.78, 5) is 24.2. The van der Waals surface area contributed by atoms with Crippen molar-refractivity contribution in [2.24, 2.45) is 0 Å². The highest BCUT2D eigenvalue weighted by atomic mass is 16.8. The molecule has 5 rings (SSSR count). The molecule has 0 bridgehead atoms. The number of ether oxygens (including phenoxy) is 5. The minimum atomic E-state index is -1.97. The molecule has 2 fully saturated rings. The quantitative estimate of drug-likeness (QED) is 0.0904. The summed E-state index contributed by atoms with van der Waals surface area (Å²) in [6.07, 6.45) is -17.9. The minimum absolute atomic E-state index is 0.129. The molecule has 1 aromatic heterocycles. The molecular formula is C29H32O18. The summed E-state index contributed by atoms with van der Waals surface area (Å²) in [5.74, 6) is -4.46. The van der Waals surface area contributed by atoms with Crippen molar-refractivity contribution >= 4 is 16.9 Å². The van der Waals surface area contributed by atoms with Crippen LogP contribution in [0.25, 0.3) is 22.3 Å². The molecule has 2 aromatic carbocycles. The molecule has 2 aliphatic rings. The number of phenolic OH excluding ortho intramolecular Hbond substituents is 4. The number of hydrogen-bond donors (Lipinski definition) is 10. The summed E-state index contributed by atoms with van der Waals surface area (Å²) < 4.78 is 32.9. The van der Waals surface area contributed by atoms with Crippen molar-refractivity contribution in [3.8, 4) is 40.1 Å². The van der Waals surface area contributed by atoms with Crippen LogP contribution in [0.1, 0.15) is 6.92 Å². The van der Waals surface area contributed by atoms with Crippen molar-refractivity contribution < 1.29 is 84.0 Å². The first-order chi connectivity index (χ1) is 22.2. The van der Waals surface area contributed by atoms with Gasteiger partial charge in [0, 0.05) is 24.6 Å². The van der Waals surface area contributed by atoms with Gasteiger partial charge in [-0.1, -0.05) is 0 Å². The molecule has 0 spiro atoms. The van der Waals surface area contributed by atoms with Gasteiger partial charge in [0.2, 0.25) is 12.0 Å². The van der Waals surface area contributed by atoms with E-state index < -0.39 is 120 Å². The fraction of sp³-hybridized carbons (Fsp3) is 0.448. The van der Waals surface area contributed by atoms with Gasteiger partial charge in [-0.15, -0.1) is 0 Å². The Labute approximate surface area is 263 Å². The summed E-state index contributed by atoms with van der Waals surface area (Å²) in [5, 5.41) is 103. The Hall–Kier alpha value is -4.24. The molecule has 18 nitrogen and oxygen atoms in total. The zero-order valence-corrected chi connectivity index (χ0v) is 24.3. The Morgan fingerprint density at radius 3 is 2.15 bits per heavy atom. The van der Waals surface area contributed by atoms with Crippen LogP contribution in [0.4, 0.5) is 0 Å². The van der Waals surface area contributed by atoms with Crippen LogP contribution in [0.5, 0.6) is 28.7 Å². The molecule has 0 amide bonds. The highest BCUT2D eigenvalue weighted by molar-refractivity contribution is 5.89. The van der Waals surface area contributed by atoms with Gasteiger partial charge in [-0.25, -0.2) is 0 Å². The summed E-state index contributed by atoms with van der Waals surface area (Å²) in [6, 6.07) is 5.49. The maximum Gasteiger partial charge on any atom is 0.302 e. The van der Waals surface area contributed by atoms with Crippen molar-refractivity contribution in [1.82, 2.24) is 0 Å². The third-order valence-corrected chi connectivity index (χ3v) is 7.67. The average molecular weight is 669 g/mol. The molecule has 0 unspecified atom stereocenters. The van der Waals surface area contributed by atoms with Gasteiger partial charge >= 0.3 is 5.97 Å². The van der Waals surface area contributed by atoms with E-state index in [1.807, 2.05) is 0 Å². The Balaban J connectivity index is 1.49. The third-order valence-electron chi connectivity index (χ3n) is 7.67. The van der Waals surface area contributed by atoms with Crippen LogP contribution in [-0.2, 0) is 23.7 Å². The number of benzene rings is 2. The Kier molecular flexibility index (Phi) is 9.78. The van der Waals surface area contributed by atoms with Gasteiger partial charge in [0.25, 0.3) is 0 Å². The lowest BCUT2D eigenvalue weighted by Crippen LogP contribution is -2.65. The van der Waals surface area contributed by atoms with Crippen molar-refractivity contribution in [2.45, 2.75) is 68.3 Å². The fourth-order valence-corrected chi connectivity index (χ4v) is 5.12. The number of hydrogen-bond acceptors (Lipinski definition) is 18. The molecule has 47 heavy (non-hydrogen) atoms. The Morgan fingerprint density at radius 1 is 0.809 bits per heavy atom. The average Bonchev–Trinajstić information content (AvgIpc) is 3.03. The molecule has 256 valence electrons. The molecule has 18 heteroatoms. The van der Waals surface area contributed by atoms with E-state index in [2.05, 4.69) is 0 Å². The molecule has 3 heterocycles. The lowest BCUT2D eigenvalue weighted by atomic mass is 9.97. The molecular weight excluding hydrogens is 636 g/mol. The van der Waals surface area contributed by atoms with E-state index in [1.54, 1.807) is 0 Å². The Morgan fingerprint density at radius 2 is 1.49 bits per heavy atom. The van der Waals surface area contributed by atoms with E-state index in [4.69, 9.17) is 28.1 Å². The van der Waals surface area contributed by atoms with E-state index in [-0.39, 0.29) is 16.9 Å². The molecule has 0 aliphatic carbocycles. The van der Waals surface area contributed by atoms with Gasteiger partial charge in [0.15, 0.2) is 40.8 Å². The lowest BCUT2D eigenvalue weighted by molar-refractivity contribution is -0.358. The predicted molar refractivity (Wildman–Crippen MR) is 151 cm³/mol. The van der Waals surface area contributed by atoms with Crippen LogP contribution in [0.3, 0.4) is 0 Å². The van der Waals surface area contributed by atoms with Crippen LogP contribution >= 0.6 is 0 Å². The van der Waals surface area contributed by atoms with E-state index in [9.17, 15) is 60.7 Å². The molecule has 10 N–H and O–H groups in total. The van der Waals surface area contributed by atoms with E-state index in [0.717, 1.165) is 31.2 Å². The number of aliphatic hydroxyl groups excluding tert-OH is 6. The molecule has 0 radical (unpaired) electrons. The van der Waals surface area contributed by atoms with Gasteiger partial charge < -0.3 is 79.2 Å². The smallest absolute Gasteiger partial charge is 0.302 e. The van der Waals surface area contributed by atoms with Crippen LogP contribution in [0, 0.1) is 0 Å². The number of aromatic hydroxyl groups is 4. The normalized spacial score (nSPS) is 31.0. The second kappa shape index (κ2) is 13.5. The topological polar surface area (TPSA) is 296 Å². The van der Waals surface area contributed by atoms with Crippen molar-refractivity contribution in [3.63, 3.8) is 0 Å². The number of fused-ring (bicyclic) bond motifs is 1. The number of carbonyl (C=O) groups excluding carboxylic acids is 1. The molecule has 2 saturated heterocycles. The highest BCUT2D eigenvalue weighted by Gasteiger charge is 2.51. The lowest BCUT2D eigenvalue weighted by Gasteiger charge is -2.45. The number of phenols is 4. The number of carbonyl (C=O) groups is 1. The van der Waals surface area contributed by atoms with Crippen molar-refractivity contribution in [3.05, 3.63) is 40.6 Å². The Bertz CT molecular complexity index is 1670. The van der Waals surface area contributed by atoms with E-state index >= 15 is 0 Å². The van der Waals surface area contributed by atoms with Crippen molar-refractivity contribution in [1.29, 1.82) is 0 Å². The number of aliphatic hydroxyl groups is 6. The molecule has 3 aromatic rings. The van der Waals surface area contributed by atoms with Gasteiger partial charge in [-0.3, -0.25) is 9.59 Å². The second-order valence-electron chi connectivity index (χ2n) is 10.9. The van der Waals surface area contributed by atoms with Gasteiger partial charge in [0.1, 0.15) is 66.1 Å². The van der Waals surface area contributed by atoms with Crippen LogP contribution in [0.15, 0.2) is 39.5 Å². The van der Waals surface area contributed by atoms with Gasteiger partial charge in [-0.2, -0.15) is 0 Å².